The maximum absolute atomic E-state index is 4.64. The Hall–Kier alpha value is -0.980. The van der Waals surface area contributed by atoms with Crippen molar-refractivity contribution in [3.05, 3.63) is 33.0 Å². The quantitative estimate of drug-likeness (QED) is 0.913. The summed E-state index contributed by atoms with van der Waals surface area (Å²) >= 11 is 5.22. The highest BCUT2D eigenvalue weighted by molar-refractivity contribution is 9.11. The van der Waals surface area contributed by atoms with Gasteiger partial charge in [0.25, 0.3) is 0 Å². The van der Waals surface area contributed by atoms with Crippen LogP contribution in [0.5, 0.6) is 0 Å². The van der Waals surface area contributed by atoms with Crippen LogP contribution in [0.25, 0.3) is 0 Å². The van der Waals surface area contributed by atoms with Crippen molar-refractivity contribution in [1.29, 1.82) is 0 Å². The normalized spacial score (nSPS) is 14.3. The van der Waals surface area contributed by atoms with Gasteiger partial charge in [0.1, 0.15) is 11.6 Å². The molecule has 3 rings (SSSR count). The number of hydrogen-bond acceptors (Lipinski definition) is 5. The highest BCUT2D eigenvalue weighted by Crippen LogP contribution is 2.35. The molecule has 0 spiro atoms. The third kappa shape index (κ3) is 2.52. The van der Waals surface area contributed by atoms with E-state index in [0.29, 0.717) is 0 Å². The largest absolute Gasteiger partial charge is 0.321 e. The number of rotatable bonds is 2. The van der Waals surface area contributed by atoms with Crippen LogP contribution in [0.3, 0.4) is 0 Å². The zero-order chi connectivity index (χ0) is 13.4. The number of nitrogens with zero attached hydrogens (tertiary/aromatic N) is 3. The summed E-state index contributed by atoms with van der Waals surface area (Å²) < 4.78 is 1.13. The first-order valence-electron chi connectivity index (χ1n) is 6.21. The van der Waals surface area contributed by atoms with E-state index in [1.54, 1.807) is 11.3 Å². The molecule has 0 saturated carbocycles. The van der Waals surface area contributed by atoms with Crippen LogP contribution in [0.1, 0.15) is 17.1 Å². The van der Waals surface area contributed by atoms with Gasteiger partial charge in [0, 0.05) is 32.1 Å². The number of anilines is 2. The number of nitrogens with one attached hydrogen (secondary N) is 1. The van der Waals surface area contributed by atoms with Gasteiger partial charge >= 0.3 is 0 Å². The summed E-state index contributed by atoms with van der Waals surface area (Å²) in [7, 11) is 2.06. The predicted molar refractivity (Wildman–Crippen MR) is 82.3 cm³/mol. The van der Waals surface area contributed by atoms with E-state index in [1.807, 2.05) is 6.92 Å². The Morgan fingerprint density at radius 3 is 2.95 bits per heavy atom. The summed E-state index contributed by atoms with van der Waals surface area (Å²) in [5.41, 5.74) is 2.41. The Kier molecular flexibility index (Phi) is 3.56. The zero-order valence-corrected chi connectivity index (χ0v) is 13.3. The molecule has 2 aromatic rings. The molecule has 0 radical (unpaired) electrons. The van der Waals surface area contributed by atoms with Gasteiger partial charge < -0.3 is 10.2 Å². The highest BCUT2D eigenvalue weighted by atomic mass is 79.9. The van der Waals surface area contributed by atoms with Crippen LogP contribution < -0.4 is 10.2 Å². The fourth-order valence-corrected chi connectivity index (χ4v) is 3.64. The molecule has 0 aromatic carbocycles. The molecule has 0 bridgehead atoms. The van der Waals surface area contributed by atoms with Crippen LogP contribution in [-0.2, 0) is 13.0 Å². The van der Waals surface area contributed by atoms with Crippen LogP contribution in [0.15, 0.2) is 15.9 Å². The van der Waals surface area contributed by atoms with Gasteiger partial charge in [0.2, 0.25) is 0 Å². The van der Waals surface area contributed by atoms with Gasteiger partial charge in [0.15, 0.2) is 0 Å². The van der Waals surface area contributed by atoms with E-state index >= 15 is 0 Å². The molecule has 0 atom stereocenters. The average Bonchev–Trinajstić information content (AvgIpc) is 2.83. The highest BCUT2D eigenvalue weighted by Gasteiger charge is 2.20. The van der Waals surface area contributed by atoms with Crippen molar-refractivity contribution in [1.82, 2.24) is 15.3 Å². The van der Waals surface area contributed by atoms with Crippen LogP contribution in [-0.4, -0.2) is 23.6 Å². The second-order valence-electron chi connectivity index (χ2n) is 4.58. The molecular weight excluding hydrogens is 324 g/mol. The molecule has 1 aliphatic heterocycles. The summed E-state index contributed by atoms with van der Waals surface area (Å²) in [6.07, 6.45) is 0.980. The first-order valence-corrected chi connectivity index (χ1v) is 7.82. The Bertz CT molecular complexity index is 611. The van der Waals surface area contributed by atoms with Gasteiger partial charge in [-0.1, -0.05) is 0 Å². The number of aryl methyl sites for hydroxylation is 1. The minimum atomic E-state index is 0.845. The number of fused-ring (bicyclic) bond motifs is 1. The Balaban J connectivity index is 2.06. The number of thiophene rings is 1. The summed E-state index contributed by atoms with van der Waals surface area (Å²) in [5, 5.41) is 4.58. The first kappa shape index (κ1) is 13.0. The molecule has 3 heterocycles. The van der Waals surface area contributed by atoms with E-state index in [-0.39, 0.29) is 0 Å². The van der Waals surface area contributed by atoms with E-state index in [9.17, 15) is 0 Å². The van der Waals surface area contributed by atoms with Crippen molar-refractivity contribution >= 4 is 38.1 Å². The van der Waals surface area contributed by atoms with Crippen molar-refractivity contribution in [2.24, 2.45) is 0 Å². The van der Waals surface area contributed by atoms with E-state index < -0.39 is 0 Å². The monoisotopic (exact) mass is 338 g/mol. The van der Waals surface area contributed by atoms with Gasteiger partial charge in [-0.3, -0.25) is 0 Å². The van der Waals surface area contributed by atoms with Gasteiger partial charge in [0.05, 0.1) is 14.5 Å². The Labute approximate surface area is 125 Å². The molecule has 0 unspecified atom stereocenters. The first-order chi connectivity index (χ1) is 9.15. The lowest BCUT2D eigenvalue weighted by atomic mass is 10.1. The van der Waals surface area contributed by atoms with Crippen LogP contribution in [0, 0.1) is 6.92 Å². The Morgan fingerprint density at radius 2 is 2.21 bits per heavy atom. The lowest BCUT2D eigenvalue weighted by Crippen LogP contribution is -2.28. The van der Waals surface area contributed by atoms with Crippen molar-refractivity contribution in [3.8, 4) is 0 Å². The molecule has 100 valence electrons. The van der Waals surface area contributed by atoms with Gasteiger partial charge in [-0.05, 0) is 35.0 Å². The van der Waals surface area contributed by atoms with Crippen LogP contribution in [0.2, 0.25) is 0 Å². The molecule has 19 heavy (non-hydrogen) atoms. The average molecular weight is 339 g/mol. The molecule has 1 aliphatic rings. The van der Waals surface area contributed by atoms with E-state index in [1.165, 1.54) is 16.3 Å². The topological polar surface area (TPSA) is 41.1 Å². The molecule has 0 amide bonds. The third-order valence-electron chi connectivity index (χ3n) is 3.23. The molecule has 0 aliphatic carbocycles. The molecular formula is C13H15BrN4S. The van der Waals surface area contributed by atoms with E-state index in [2.05, 4.69) is 55.3 Å². The Morgan fingerprint density at radius 1 is 1.37 bits per heavy atom. The van der Waals surface area contributed by atoms with Crippen molar-refractivity contribution < 1.29 is 0 Å². The number of aromatic nitrogens is 2. The molecule has 1 N–H and O–H groups in total. The smallest absolute Gasteiger partial charge is 0.141 e. The fraction of sp³-hybridized carbons (Fsp3) is 0.385. The summed E-state index contributed by atoms with van der Waals surface area (Å²) in [4.78, 5) is 11.4. The maximum atomic E-state index is 4.64. The maximum Gasteiger partial charge on any atom is 0.141 e. The molecule has 0 fully saturated rings. The van der Waals surface area contributed by atoms with Crippen LogP contribution in [0.4, 0.5) is 10.8 Å². The van der Waals surface area contributed by atoms with Crippen molar-refractivity contribution in [3.63, 3.8) is 0 Å². The summed E-state index contributed by atoms with van der Waals surface area (Å²) in [6, 6.07) is 4.17. The van der Waals surface area contributed by atoms with E-state index in [0.717, 1.165) is 34.9 Å². The lowest BCUT2D eigenvalue weighted by molar-refractivity contribution is 0.623. The SMILES string of the molecule is Cc1nc2c(c(N(C)c3ccc(Br)s3)n1)CNCC2. The van der Waals surface area contributed by atoms with Gasteiger partial charge in [-0.15, -0.1) is 11.3 Å². The fourth-order valence-electron chi connectivity index (χ4n) is 2.31. The summed E-state index contributed by atoms with van der Waals surface area (Å²) in [6.45, 7) is 3.81. The van der Waals surface area contributed by atoms with Crippen molar-refractivity contribution in [2.75, 3.05) is 18.5 Å². The zero-order valence-electron chi connectivity index (χ0n) is 10.9. The second kappa shape index (κ2) is 5.19. The van der Waals surface area contributed by atoms with Crippen LogP contribution >= 0.6 is 27.3 Å². The lowest BCUT2D eigenvalue weighted by Gasteiger charge is -2.24. The predicted octanol–water partition coefficient (Wildman–Crippen LogP) is 3.02. The minimum Gasteiger partial charge on any atom is -0.321 e. The van der Waals surface area contributed by atoms with Gasteiger partial charge in [-0.25, -0.2) is 9.97 Å². The van der Waals surface area contributed by atoms with Gasteiger partial charge in [-0.2, -0.15) is 0 Å². The second-order valence-corrected chi connectivity index (χ2v) is 7.02. The molecule has 4 nitrogen and oxygen atoms in total. The molecule has 6 heteroatoms. The standard InChI is InChI=1S/C13H15BrN4S/c1-8-16-10-5-6-15-7-9(10)13(17-8)18(2)12-4-3-11(14)19-12/h3-4,15H,5-7H2,1-2H3. The summed E-state index contributed by atoms with van der Waals surface area (Å²) in [5.74, 6) is 1.86. The minimum absolute atomic E-state index is 0.845. The molecule has 2 aromatic heterocycles. The van der Waals surface area contributed by atoms with E-state index in [4.69, 9.17) is 0 Å². The van der Waals surface area contributed by atoms with Crippen molar-refractivity contribution in [2.45, 2.75) is 19.9 Å². The number of halogens is 1. The third-order valence-corrected chi connectivity index (χ3v) is 4.93. The number of hydrogen-bond donors (Lipinski definition) is 1. The molecule has 0 saturated heterocycles.